The molecular weight excluding hydrogens is 381 g/mol. The molecule has 1 atom stereocenters. The number of phenols is 1. The second kappa shape index (κ2) is 11.1. The van der Waals surface area contributed by atoms with E-state index in [2.05, 4.69) is 5.32 Å². The normalized spacial score (nSPS) is 13.1. The first-order valence-electron chi connectivity index (χ1n) is 9.15. The number of benzene rings is 2. The highest BCUT2D eigenvalue weighted by Gasteiger charge is 2.10. The number of aliphatic hydroxyl groups is 1. The number of aromatic hydroxyl groups is 1. The Morgan fingerprint density at radius 1 is 1.04 bits per heavy atom. The lowest BCUT2D eigenvalue weighted by atomic mass is 10.1. The minimum Gasteiger partial charge on any atom is -0.508 e. The van der Waals surface area contributed by atoms with Gasteiger partial charge in [-0.1, -0.05) is 12.1 Å². The van der Waals surface area contributed by atoms with Crippen molar-refractivity contribution in [3.8, 4) is 17.2 Å². The van der Waals surface area contributed by atoms with Gasteiger partial charge in [-0.05, 0) is 61.8 Å². The van der Waals surface area contributed by atoms with Crippen LogP contribution in [0.2, 0.25) is 0 Å². The van der Waals surface area contributed by atoms with E-state index in [1.54, 1.807) is 24.3 Å². The smallest absolute Gasteiger partial charge is 0.233 e. The zero-order valence-corrected chi connectivity index (χ0v) is 16.9. The molecule has 2 aromatic rings. The molecule has 0 saturated carbocycles. The number of hydrogen-bond donors (Lipinski definition) is 4. The summed E-state index contributed by atoms with van der Waals surface area (Å²) < 4.78 is 22.1. The van der Waals surface area contributed by atoms with Crippen LogP contribution in [0.1, 0.15) is 17.5 Å². The SMILES string of the molecule is CP(=O)(O)COc1ccc(CCNCCCOc2ccc(O)c(CO)c2)cc1. The summed E-state index contributed by atoms with van der Waals surface area (Å²) in [6.45, 7) is 3.23. The summed E-state index contributed by atoms with van der Waals surface area (Å²) in [5.41, 5.74) is 1.60. The van der Waals surface area contributed by atoms with Crippen LogP contribution in [0.25, 0.3) is 0 Å². The van der Waals surface area contributed by atoms with Gasteiger partial charge < -0.3 is 29.9 Å². The van der Waals surface area contributed by atoms with Crippen LogP contribution in [0.5, 0.6) is 17.2 Å². The third-order valence-corrected chi connectivity index (χ3v) is 4.58. The molecule has 28 heavy (non-hydrogen) atoms. The molecule has 7 nitrogen and oxygen atoms in total. The third-order valence-electron chi connectivity index (χ3n) is 3.97. The molecule has 0 aliphatic rings. The highest BCUT2D eigenvalue weighted by molar-refractivity contribution is 7.56. The van der Waals surface area contributed by atoms with Gasteiger partial charge in [0.1, 0.15) is 17.2 Å². The summed E-state index contributed by atoms with van der Waals surface area (Å²) >= 11 is 0. The van der Waals surface area contributed by atoms with E-state index in [9.17, 15) is 14.6 Å². The molecule has 1 unspecified atom stereocenters. The van der Waals surface area contributed by atoms with E-state index in [0.29, 0.717) is 23.7 Å². The molecule has 0 bridgehead atoms. The van der Waals surface area contributed by atoms with Gasteiger partial charge in [-0.3, -0.25) is 4.57 Å². The molecule has 0 amide bonds. The largest absolute Gasteiger partial charge is 0.508 e. The molecular formula is C20H28NO6P. The molecule has 4 N–H and O–H groups in total. The van der Waals surface area contributed by atoms with Gasteiger partial charge in [0.05, 0.1) is 13.2 Å². The molecule has 2 aromatic carbocycles. The zero-order chi connectivity index (χ0) is 20.4. The standard InChI is InChI=1S/C20H28NO6P/c1-28(24,25)15-27-18-5-3-16(4-6-18)9-11-21-10-2-12-26-19-7-8-20(23)17(13-19)14-22/h3-8,13,21-23H,2,9-12,14-15H2,1H3,(H,24,25). The Bertz CT molecular complexity index is 775. The molecule has 154 valence electrons. The molecule has 0 heterocycles. The maximum Gasteiger partial charge on any atom is 0.233 e. The third kappa shape index (κ3) is 8.31. The Morgan fingerprint density at radius 2 is 1.75 bits per heavy atom. The summed E-state index contributed by atoms with van der Waals surface area (Å²) in [5.74, 6) is 1.28. The van der Waals surface area contributed by atoms with Crippen LogP contribution in [0, 0.1) is 0 Å². The van der Waals surface area contributed by atoms with Crippen LogP contribution >= 0.6 is 7.37 Å². The van der Waals surface area contributed by atoms with Crippen molar-refractivity contribution in [1.82, 2.24) is 5.32 Å². The first-order valence-corrected chi connectivity index (χ1v) is 11.4. The average Bonchev–Trinajstić information content (AvgIpc) is 2.67. The molecule has 8 heteroatoms. The van der Waals surface area contributed by atoms with Crippen LogP contribution in [0.4, 0.5) is 0 Å². The molecule has 0 aliphatic heterocycles. The molecule has 0 fully saturated rings. The summed E-state index contributed by atoms with van der Waals surface area (Å²) in [5, 5.41) is 22.0. The number of ether oxygens (including phenoxy) is 2. The topological polar surface area (TPSA) is 108 Å². The molecule has 0 aliphatic carbocycles. The maximum absolute atomic E-state index is 11.2. The van der Waals surface area contributed by atoms with Gasteiger partial charge in [0.25, 0.3) is 0 Å². The highest BCUT2D eigenvalue weighted by atomic mass is 31.2. The first kappa shape index (κ1) is 22.2. The van der Waals surface area contributed by atoms with Gasteiger partial charge in [0, 0.05) is 12.2 Å². The van der Waals surface area contributed by atoms with Crippen LogP contribution in [-0.2, 0) is 17.6 Å². The fourth-order valence-electron chi connectivity index (χ4n) is 2.47. The highest BCUT2D eigenvalue weighted by Crippen LogP contribution is 2.35. The quantitative estimate of drug-likeness (QED) is 0.315. The maximum atomic E-state index is 11.2. The van der Waals surface area contributed by atoms with E-state index in [4.69, 9.17) is 14.6 Å². The summed E-state index contributed by atoms with van der Waals surface area (Å²) in [7, 11) is -3.17. The fraction of sp³-hybridized carbons (Fsp3) is 0.400. The molecule has 0 spiro atoms. The Kier molecular flexibility index (Phi) is 8.80. The van der Waals surface area contributed by atoms with Crippen molar-refractivity contribution in [3.05, 3.63) is 53.6 Å². The van der Waals surface area contributed by atoms with Crippen LogP contribution in [0.3, 0.4) is 0 Å². The van der Waals surface area contributed by atoms with E-state index in [0.717, 1.165) is 31.5 Å². The van der Waals surface area contributed by atoms with Crippen molar-refractivity contribution in [2.24, 2.45) is 0 Å². The molecule has 2 rings (SSSR count). The summed E-state index contributed by atoms with van der Waals surface area (Å²) in [6, 6.07) is 12.3. The number of aliphatic hydroxyl groups excluding tert-OH is 1. The van der Waals surface area contributed by atoms with Gasteiger partial charge in [-0.2, -0.15) is 0 Å². The van der Waals surface area contributed by atoms with E-state index in [1.165, 1.54) is 12.7 Å². The predicted molar refractivity (Wildman–Crippen MR) is 108 cm³/mol. The van der Waals surface area contributed by atoms with E-state index >= 15 is 0 Å². The summed E-state index contributed by atoms with van der Waals surface area (Å²) in [4.78, 5) is 9.23. The predicted octanol–water partition coefficient (Wildman–Crippen LogP) is 2.72. The van der Waals surface area contributed by atoms with Gasteiger partial charge in [0.2, 0.25) is 7.37 Å². The number of nitrogens with one attached hydrogen (secondary N) is 1. The van der Waals surface area contributed by atoms with Gasteiger partial charge in [0.15, 0.2) is 6.35 Å². The van der Waals surface area contributed by atoms with Crippen LogP contribution < -0.4 is 14.8 Å². The van der Waals surface area contributed by atoms with Gasteiger partial charge in [-0.15, -0.1) is 0 Å². The molecule has 0 saturated heterocycles. The molecule has 0 radical (unpaired) electrons. The molecule has 0 aromatic heterocycles. The Balaban J connectivity index is 1.58. The monoisotopic (exact) mass is 409 g/mol. The first-order chi connectivity index (χ1) is 13.4. The van der Waals surface area contributed by atoms with Gasteiger partial charge >= 0.3 is 0 Å². The van der Waals surface area contributed by atoms with E-state index < -0.39 is 7.37 Å². The van der Waals surface area contributed by atoms with Crippen molar-refractivity contribution in [2.75, 3.05) is 32.7 Å². The van der Waals surface area contributed by atoms with Crippen molar-refractivity contribution in [2.45, 2.75) is 19.4 Å². The number of hydrogen-bond acceptors (Lipinski definition) is 6. The lowest BCUT2D eigenvalue weighted by Crippen LogP contribution is -2.20. The van der Waals surface area contributed by atoms with Crippen molar-refractivity contribution in [1.29, 1.82) is 0 Å². The van der Waals surface area contributed by atoms with Crippen molar-refractivity contribution in [3.63, 3.8) is 0 Å². The van der Waals surface area contributed by atoms with Crippen molar-refractivity contribution >= 4 is 7.37 Å². The summed E-state index contributed by atoms with van der Waals surface area (Å²) in [6.07, 6.45) is 1.52. The average molecular weight is 409 g/mol. The number of rotatable bonds is 12. The minimum atomic E-state index is -3.17. The van der Waals surface area contributed by atoms with Crippen LogP contribution in [-0.4, -0.2) is 47.8 Å². The fourth-order valence-corrected chi connectivity index (χ4v) is 2.86. The zero-order valence-electron chi connectivity index (χ0n) is 16.0. The second-order valence-electron chi connectivity index (χ2n) is 6.62. The Morgan fingerprint density at radius 3 is 2.43 bits per heavy atom. The minimum absolute atomic E-state index is 0.0647. The lowest BCUT2D eigenvalue weighted by Gasteiger charge is -2.10. The van der Waals surface area contributed by atoms with Crippen molar-refractivity contribution < 1.29 is 29.1 Å². The Labute approximate surface area is 165 Å². The van der Waals surface area contributed by atoms with E-state index in [1.807, 2.05) is 12.1 Å². The van der Waals surface area contributed by atoms with E-state index in [-0.39, 0.29) is 18.7 Å². The Hall–Kier alpha value is -2.05. The van der Waals surface area contributed by atoms with Gasteiger partial charge in [-0.25, -0.2) is 0 Å². The second-order valence-corrected chi connectivity index (χ2v) is 8.98. The lowest BCUT2D eigenvalue weighted by molar-refractivity contribution is 0.272. The van der Waals surface area contributed by atoms with Crippen LogP contribution in [0.15, 0.2) is 42.5 Å².